The predicted molar refractivity (Wildman–Crippen MR) is 99.8 cm³/mol. The first kappa shape index (κ1) is 16.5. The van der Waals surface area contributed by atoms with Gasteiger partial charge in [0, 0.05) is 43.4 Å². The van der Waals surface area contributed by atoms with E-state index in [2.05, 4.69) is 23.4 Å². The number of allylic oxidation sites excluding steroid dienone is 3. The Bertz CT molecular complexity index is 903. The molecule has 0 bridgehead atoms. The maximum atomic E-state index is 12.9. The lowest BCUT2D eigenvalue weighted by Crippen LogP contribution is -2.43. The van der Waals surface area contributed by atoms with E-state index in [9.17, 15) is 8.42 Å². The summed E-state index contributed by atoms with van der Waals surface area (Å²) in [5, 5.41) is 4.26. The summed E-state index contributed by atoms with van der Waals surface area (Å²) in [5.74, 6) is 0. The van der Waals surface area contributed by atoms with Gasteiger partial charge in [0.2, 0.25) is 0 Å². The van der Waals surface area contributed by atoms with Crippen LogP contribution in [-0.2, 0) is 10.0 Å². The van der Waals surface area contributed by atoms with Gasteiger partial charge in [-0.2, -0.15) is 0 Å². The van der Waals surface area contributed by atoms with Gasteiger partial charge >= 0.3 is 0 Å². The van der Waals surface area contributed by atoms with Gasteiger partial charge in [-0.3, -0.25) is 0 Å². The highest BCUT2D eigenvalue weighted by Crippen LogP contribution is 2.30. The maximum absolute atomic E-state index is 12.9. The SMILES string of the molecule is C=C/C=C(\C=C)S(=O)(=O)n1ccc2c(N3CCNCC3)cccc21. The van der Waals surface area contributed by atoms with E-state index < -0.39 is 10.0 Å². The summed E-state index contributed by atoms with van der Waals surface area (Å²) in [6, 6.07) is 7.63. The topological polar surface area (TPSA) is 54.3 Å². The molecule has 0 radical (unpaired) electrons. The number of nitrogens with one attached hydrogen (secondary N) is 1. The van der Waals surface area contributed by atoms with Crippen LogP contribution in [-0.4, -0.2) is 38.6 Å². The van der Waals surface area contributed by atoms with Crippen molar-refractivity contribution in [3.05, 3.63) is 66.8 Å². The fourth-order valence-corrected chi connectivity index (χ4v) is 4.35. The zero-order valence-corrected chi connectivity index (χ0v) is 14.3. The van der Waals surface area contributed by atoms with Crippen molar-refractivity contribution in [2.75, 3.05) is 31.1 Å². The number of fused-ring (bicyclic) bond motifs is 1. The van der Waals surface area contributed by atoms with Gasteiger partial charge in [-0.15, -0.1) is 0 Å². The minimum atomic E-state index is -3.69. The third-order valence-electron chi connectivity index (χ3n) is 4.17. The molecule has 0 atom stereocenters. The fraction of sp³-hybridized carbons (Fsp3) is 0.222. The smallest absolute Gasteiger partial charge is 0.268 e. The Morgan fingerprint density at radius 3 is 2.58 bits per heavy atom. The lowest BCUT2D eigenvalue weighted by molar-refractivity contribution is 0.590. The average molecular weight is 343 g/mol. The van der Waals surface area contributed by atoms with Gasteiger partial charge in [-0.25, -0.2) is 12.4 Å². The molecule has 2 aromatic rings. The van der Waals surface area contributed by atoms with E-state index in [1.807, 2.05) is 24.3 Å². The standard InChI is InChI=1S/C18H21N3O2S/c1-3-6-15(4-2)24(22,23)21-12-9-16-17(7-5-8-18(16)21)20-13-10-19-11-14-20/h3-9,12,19H,1-2,10-11,13-14H2/b15-6+. The molecule has 1 aromatic heterocycles. The van der Waals surface area contributed by atoms with E-state index in [0.29, 0.717) is 5.52 Å². The van der Waals surface area contributed by atoms with Crippen LogP contribution < -0.4 is 10.2 Å². The molecule has 0 aliphatic carbocycles. The van der Waals surface area contributed by atoms with Crippen LogP contribution in [0.25, 0.3) is 10.9 Å². The summed E-state index contributed by atoms with van der Waals surface area (Å²) < 4.78 is 27.0. The number of aromatic nitrogens is 1. The van der Waals surface area contributed by atoms with Gasteiger partial charge in [0.25, 0.3) is 10.0 Å². The first-order valence-corrected chi connectivity index (χ1v) is 9.30. The second-order valence-electron chi connectivity index (χ2n) is 5.57. The number of piperazine rings is 1. The number of anilines is 1. The molecule has 0 amide bonds. The van der Waals surface area contributed by atoms with Crippen molar-refractivity contribution in [2.24, 2.45) is 0 Å². The molecule has 5 nitrogen and oxygen atoms in total. The van der Waals surface area contributed by atoms with Crippen molar-refractivity contribution >= 4 is 26.6 Å². The number of nitrogens with zero attached hydrogens (tertiary/aromatic N) is 2. The lowest BCUT2D eigenvalue weighted by atomic mass is 10.2. The zero-order chi connectivity index (χ0) is 17.2. The number of hydrogen-bond donors (Lipinski definition) is 1. The first-order valence-electron chi connectivity index (χ1n) is 7.86. The Kier molecular flexibility index (Phi) is 4.59. The molecule has 1 aliphatic rings. The van der Waals surface area contributed by atoms with Gasteiger partial charge < -0.3 is 10.2 Å². The Morgan fingerprint density at radius 1 is 1.17 bits per heavy atom. The predicted octanol–water partition coefficient (Wildman–Crippen LogP) is 2.48. The van der Waals surface area contributed by atoms with Crippen molar-refractivity contribution in [1.82, 2.24) is 9.29 Å². The molecular weight excluding hydrogens is 322 g/mol. The number of benzene rings is 1. The molecular formula is C18H21N3O2S. The molecule has 24 heavy (non-hydrogen) atoms. The average Bonchev–Trinajstić information content (AvgIpc) is 3.05. The van der Waals surface area contributed by atoms with Gasteiger partial charge in [-0.05, 0) is 30.4 Å². The maximum Gasteiger partial charge on any atom is 0.268 e. The highest BCUT2D eigenvalue weighted by Gasteiger charge is 2.21. The van der Waals surface area contributed by atoms with E-state index >= 15 is 0 Å². The van der Waals surface area contributed by atoms with Gasteiger partial charge in [0.05, 0.1) is 10.4 Å². The van der Waals surface area contributed by atoms with Crippen LogP contribution >= 0.6 is 0 Å². The summed E-state index contributed by atoms with van der Waals surface area (Å²) in [7, 11) is -3.69. The first-order chi connectivity index (χ1) is 11.6. The molecule has 1 aliphatic heterocycles. The van der Waals surface area contributed by atoms with Crippen molar-refractivity contribution < 1.29 is 8.42 Å². The van der Waals surface area contributed by atoms with E-state index in [0.717, 1.165) is 37.3 Å². The van der Waals surface area contributed by atoms with Crippen molar-refractivity contribution in [3.63, 3.8) is 0 Å². The van der Waals surface area contributed by atoms with Crippen LogP contribution in [0.5, 0.6) is 0 Å². The van der Waals surface area contributed by atoms with Crippen molar-refractivity contribution in [3.8, 4) is 0 Å². The Labute approximate surface area is 142 Å². The normalized spacial score (nSPS) is 16.3. The van der Waals surface area contributed by atoms with E-state index in [1.165, 1.54) is 22.2 Å². The van der Waals surface area contributed by atoms with E-state index in [1.54, 1.807) is 6.20 Å². The molecule has 0 spiro atoms. The Balaban J connectivity index is 2.13. The van der Waals surface area contributed by atoms with Crippen LogP contribution in [0, 0.1) is 0 Å². The van der Waals surface area contributed by atoms with Crippen LogP contribution in [0.15, 0.2) is 66.8 Å². The second-order valence-corrected chi connectivity index (χ2v) is 7.39. The lowest BCUT2D eigenvalue weighted by Gasteiger charge is -2.30. The summed E-state index contributed by atoms with van der Waals surface area (Å²) in [5.41, 5.74) is 1.73. The molecule has 126 valence electrons. The molecule has 0 unspecified atom stereocenters. The minimum absolute atomic E-state index is 0.127. The van der Waals surface area contributed by atoms with Crippen LogP contribution in [0.3, 0.4) is 0 Å². The summed E-state index contributed by atoms with van der Waals surface area (Å²) >= 11 is 0. The highest BCUT2D eigenvalue weighted by molar-refractivity contribution is 7.94. The van der Waals surface area contributed by atoms with Crippen LogP contribution in [0.4, 0.5) is 5.69 Å². The molecule has 2 heterocycles. The second kappa shape index (κ2) is 6.67. The molecule has 6 heteroatoms. The molecule has 1 saturated heterocycles. The third-order valence-corrected chi connectivity index (χ3v) is 5.91. The monoisotopic (exact) mass is 343 g/mol. The largest absolute Gasteiger partial charge is 0.368 e. The van der Waals surface area contributed by atoms with Gasteiger partial charge in [0.1, 0.15) is 0 Å². The molecule has 0 saturated carbocycles. The molecule has 1 fully saturated rings. The van der Waals surface area contributed by atoms with Crippen molar-refractivity contribution in [2.45, 2.75) is 0 Å². The molecule has 1 aromatic carbocycles. The summed E-state index contributed by atoms with van der Waals surface area (Å²) in [6.45, 7) is 10.8. The Morgan fingerprint density at radius 2 is 1.92 bits per heavy atom. The van der Waals surface area contributed by atoms with Crippen LogP contribution in [0.1, 0.15) is 0 Å². The zero-order valence-electron chi connectivity index (χ0n) is 13.5. The molecule has 1 N–H and O–H groups in total. The number of hydrogen-bond acceptors (Lipinski definition) is 4. The minimum Gasteiger partial charge on any atom is -0.368 e. The quantitative estimate of drug-likeness (QED) is 0.848. The van der Waals surface area contributed by atoms with E-state index in [4.69, 9.17) is 0 Å². The number of rotatable bonds is 5. The summed E-state index contributed by atoms with van der Waals surface area (Å²) in [6.07, 6.45) is 5.84. The summed E-state index contributed by atoms with van der Waals surface area (Å²) in [4.78, 5) is 2.41. The Hall–Kier alpha value is -2.31. The van der Waals surface area contributed by atoms with Gasteiger partial charge in [-0.1, -0.05) is 25.3 Å². The van der Waals surface area contributed by atoms with Crippen LogP contribution in [0.2, 0.25) is 0 Å². The third kappa shape index (κ3) is 2.79. The molecule has 3 rings (SSSR count). The van der Waals surface area contributed by atoms with E-state index in [-0.39, 0.29) is 4.91 Å². The fourth-order valence-electron chi connectivity index (χ4n) is 3.01. The van der Waals surface area contributed by atoms with Gasteiger partial charge in [0.15, 0.2) is 0 Å². The van der Waals surface area contributed by atoms with Crippen molar-refractivity contribution in [1.29, 1.82) is 0 Å². The highest BCUT2D eigenvalue weighted by atomic mass is 32.2.